The third kappa shape index (κ3) is 4.71. The molecule has 0 bridgehead atoms. The van der Waals surface area contributed by atoms with E-state index in [-0.39, 0.29) is 26.5 Å². The molecule has 0 atom stereocenters. The van der Waals surface area contributed by atoms with Crippen LogP contribution < -0.4 is 14.5 Å². The highest BCUT2D eigenvalue weighted by Gasteiger charge is 2.21. The van der Waals surface area contributed by atoms with E-state index < -0.39 is 43.1 Å². The molecular formula is C21H13F2NO7S2. The number of anilines is 1. The number of hydrogen-bond acceptors (Lipinski definition) is 7. The normalized spacial score (nSPS) is 11.9. The smallest absolute Gasteiger partial charge is 0.360 e. The van der Waals surface area contributed by atoms with Gasteiger partial charge in [0.1, 0.15) is 22.2 Å². The van der Waals surface area contributed by atoms with Gasteiger partial charge in [0.2, 0.25) is 0 Å². The molecule has 3 aromatic carbocycles. The Hall–Kier alpha value is -3.77. The van der Waals surface area contributed by atoms with Crippen molar-refractivity contribution >= 4 is 36.8 Å². The lowest BCUT2D eigenvalue weighted by atomic mass is 10.2. The second-order valence-electron chi connectivity index (χ2n) is 6.67. The predicted octanol–water partition coefficient (Wildman–Crippen LogP) is 3.64. The van der Waals surface area contributed by atoms with Crippen LogP contribution in [0.4, 0.5) is 14.5 Å². The van der Waals surface area contributed by atoms with Crippen molar-refractivity contribution in [3.05, 3.63) is 94.9 Å². The van der Waals surface area contributed by atoms with Crippen molar-refractivity contribution in [2.45, 2.75) is 9.79 Å². The van der Waals surface area contributed by atoms with Crippen LogP contribution in [0.3, 0.4) is 0 Å². The van der Waals surface area contributed by atoms with Crippen LogP contribution in [0.25, 0.3) is 11.0 Å². The standard InChI is InChI=1S/C21H13F2NO7S2/c22-14-4-8-16(9-5-14)32(26,27)24-18-12-13-2-1-3-19(20(13)30-21(18)25)31-33(28,29)17-10-6-15(23)7-11-17/h1-12,24H. The van der Waals surface area contributed by atoms with Crippen LogP contribution in [0.2, 0.25) is 0 Å². The van der Waals surface area contributed by atoms with Crippen LogP contribution in [-0.2, 0) is 20.1 Å². The number of para-hydroxylation sites is 1. The lowest BCUT2D eigenvalue weighted by Crippen LogP contribution is -2.18. The third-order valence-electron chi connectivity index (χ3n) is 4.39. The first-order chi connectivity index (χ1) is 15.5. The number of halogens is 2. The van der Waals surface area contributed by atoms with E-state index >= 15 is 0 Å². The van der Waals surface area contributed by atoms with Gasteiger partial charge >= 0.3 is 15.7 Å². The Balaban J connectivity index is 1.70. The van der Waals surface area contributed by atoms with Crippen LogP contribution in [0.5, 0.6) is 5.75 Å². The lowest BCUT2D eigenvalue weighted by Gasteiger charge is -2.10. The molecule has 0 aliphatic heterocycles. The Kier molecular flexibility index (Phi) is 5.64. The SMILES string of the molecule is O=c1oc2c(OS(=O)(=O)c3ccc(F)cc3)cccc2cc1NS(=O)(=O)c1ccc(F)cc1. The number of sulfonamides is 1. The maximum absolute atomic E-state index is 13.1. The minimum Gasteiger partial charge on any atom is -0.417 e. The molecule has 0 unspecified atom stereocenters. The monoisotopic (exact) mass is 493 g/mol. The summed E-state index contributed by atoms with van der Waals surface area (Å²) in [7, 11) is -8.62. The van der Waals surface area contributed by atoms with E-state index in [1.165, 1.54) is 18.2 Å². The largest absolute Gasteiger partial charge is 0.417 e. The summed E-state index contributed by atoms with van der Waals surface area (Å²) in [5.41, 5.74) is -1.83. The summed E-state index contributed by atoms with van der Waals surface area (Å²) >= 11 is 0. The molecule has 0 spiro atoms. The topological polar surface area (TPSA) is 120 Å². The maximum Gasteiger partial charge on any atom is 0.360 e. The zero-order valence-corrected chi connectivity index (χ0v) is 18.0. The van der Waals surface area contributed by atoms with Gasteiger partial charge in [0, 0.05) is 5.39 Å². The van der Waals surface area contributed by atoms with Crippen molar-refractivity contribution in [1.29, 1.82) is 0 Å². The van der Waals surface area contributed by atoms with Gasteiger partial charge in [0.05, 0.1) is 4.90 Å². The number of rotatable bonds is 6. The summed E-state index contributed by atoms with van der Waals surface area (Å²) in [5.74, 6) is -1.61. The van der Waals surface area contributed by atoms with Gasteiger partial charge in [-0.15, -0.1) is 0 Å². The van der Waals surface area contributed by atoms with Gasteiger partial charge in [-0.25, -0.2) is 22.0 Å². The highest BCUT2D eigenvalue weighted by Crippen LogP contribution is 2.29. The fourth-order valence-corrected chi connectivity index (χ4v) is 4.82. The second-order valence-corrected chi connectivity index (χ2v) is 9.90. The van der Waals surface area contributed by atoms with Gasteiger partial charge in [-0.1, -0.05) is 12.1 Å². The first-order valence-electron chi connectivity index (χ1n) is 9.10. The quantitative estimate of drug-likeness (QED) is 0.322. The molecule has 0 aliphatic carbocycles. The van der Waals surface area contributed by atoms with Gasteiger partial charge in [-0.3, -0.25) is 4.72 Å². The Morgan fingerprint density at radius 2 is 1.36 bits per heavy atom. The molecule has 170 valence electrons. The maximum atomic E-state index is 13.1. The number of fused-ring (bicyclic) bond motifs is 1. The van der Waals surface area contributed by atoms with Crippen molar-refractivity contribution in [1.82, 2.24) is 0 Å². The lowest BCUT2D eigenvalue weighted by molar-refractivity contribution is 0.475. The molecule has 0 saturated carbocycles. The molecular weight excluding hydrogens is 480 g/mol. The summed E-state index contributed by atoms with van der Waals surface area (Å²) in [6, 6.07) is 13.0. The molecule has 0 fully saturated rings. The molecule has 12 heteroatoms. The van der Waals surface area contributed by atoms with Gasteiger partial charge in [-0.05, 0) is 60.7 Å². The fraction of sp³-hybridized carbons (Fsp3) is 0. The molecule has 0 saturated heterocycles. The molecule has 0 radical (unpaired) electrons. The second kappa shape index (κ2) is 8.30. The zero-order valence-electron chi connectivity index (χ0n) is 16.4. The number of benzene rings is 3. The fourth-order valence-electron chi connectivity index (χ4n) is 2.84. The van der Waals surface area contributed by atoms with E-state index in [1.807, 2.05) is 0 Å². The van der Waals surface area contributed by atoms with Crippen molar-refractivity contribution < 1.29 is 34.2 Å². The average molecular weight is 493 g/mol. The van der Waals surface area contributed by atoms with Crippen molar-refractivity contribution in [2.24, 2.45) is 0 Å². The van der Waals surface area contributed by atoms with Crippen LogP contribution in [-0.4, -0.2) is 16.8 Å². The highest BCUT2D eigenvalue weighted by atomic mass is 32.2. The van der Waals surface area contributed by atoms with Gasteiger partial charge in [0.25, 0.3) is 10.0 Å². The molecule has 8 nitrogen and oxygen atoms in total. The molecule has 1 heterocycles. The molecule has 4 rings (SSSR count). The van der Waals surface area contributed by atoms with Crippen LogP contribution in [0.15, 0.2) is 91.8 Å². The Morgan fingerprint density at radius 1 is 0.788 bits per heavy atom. The van der Waals surface area contributed by atoms with E-state index in [2.05, 4.69) is 4.72 Å². The van der Waals surface area contributed by atoms with E-state index in [0.717, 1.165) is 54.6 Å². The molecule has 4 aromatic rings. The predicted molar refractivity (Wildman–Crippen MR) is 114 cm³/mol. The van der Waals surface area contributed by atoms with Crippen molar-refractivity contribution in [3.63, 3.8) is 0 Å². The minimum atomic E-state index is -4.38. The van der Waals surface area contributed by atoms with Crippen LogP contribution >= 0.6 is 0 Å². The highest BCUT2D eigenvalue weighted by molar-refractivity contribution is 7.92. The first-order valence-corrected chi connectivity index (χ1v) is 12.0. The number of nitrogens with one attached hydrogen (secondary N) is 1. The average Bonchev–Trinajstić information content (AvgIpc) is 2.75. The summed E-state index contributed by atoms with van der Waals surface area (Å²) in [6.45, 7) is 0. The molecule has 33 heavy (non-hydrogen) atoms. The van der Waals surface area contributed by atoms with Gasteiger partial charge in [-0.2, -0.15) is 8.42 Å². The van der Waals surface area contributed by atoms with Crippen molar-refractivity contribution in [2.75, 3.05) is 4.72 Å². The molecule has 1 N–H and O–H groups in total. The summed E-state index contributed by atoms with van der Waals surface area (Å²) in [4.78, 5) is 11.8. The van der Waals surface area contributed by atoms with Crippen molar-refractivity contribution in [3.8, 4) is 5.75 Å². The van der Waals surface area contributed by atoms with E-state index in [4.69, 9.17) is 8.60 Å². The van der Waals surface area contributed by atoms with Crippen LogP contribution in [0.1, 0.15) is 0 Å². The molecule has 1 aromatic heterocycles. The van der Waals surface area contributed by atoms with E-state index in [0.29, 0.717) is 0 Å². The Labute approximate surface area is 186 Å². The Morgan fingerprint density at radius 3 is 1.97 bits per heavy atom. The minimum absolute atomic E-state index is 0.151. The zero-order chi connectivity index (χ0) is 23.8. The third-order valence-corrected chi connectivity index (χ3v) is 7.02. The summed E-state index contributed by atoms with van der Waals surface area (Å²) < 4.78 is 88.4. The first kappa shape index (κ1) is 22.4. The number of hydrogen-bond donors (Lipinski definition) is 1. The van der Waals surface area contributed by atoms with E-state index in [1.54, 1.807) is 0 Å². The summed E-state index contributed by atoms with van der Waals surface area (Å²) in [6.07, 6.45) is 0. The Bertz CT molecular complexity index is 1610. The van der Waals surface area contributed by atoms with Gasteiger partial charge < -0.3 is 8.60 Å². The van der Waals surface area contributed by atoms with Crippen LogP contribution in [0, 0.1) is 11.6 Å². The summed E-state index contributed by atoms with van der Waals surface area (Å²) in [5, 5.41) is 0.151. The van der Waals surface area contributed by atoms with E-state index in [9.17, 15) is 30.4 Å². The van der Waals surface area contributed by atoms with Gasteiger partial charge in [0.15, 0.2) is 11.3 Å². The molecule has 0 amide bonds. The molecule has 0 aliphatic rings.